The van der Waals surface area contributed by atoms with E-state index in [9.17, 15) is 0 Å². The molecule has 0 saturated heterocycles. The van der Waals surface area contributed by atoms with Crippen molar-refractivity contribution in [3.8, 4) is 6.01 Å². The molecule has 0 unspecified atom stereocenters. The van der Waals surface area contributed by atoms with Crippen LogP contribution < -0.4 is 15.8 Å². The number of nitrogens with one attached hydrogen (secondary N) is 1. The van der Waals surface area contributed by atoms with Crippen molar-refractivity contribution < 1.29 is 14.2 Å². The lowest BCUT2D eigenvalue weighted by Gasteiger charge is -2.07. The predicted molar refractivity (Wildman–Crippen MR) is 66.6 cm³/mol. The van der Waals surface area contributed by atoms with Crippen molar-refractivity contribution in [3.63, 3.8) is 0 Å². The number of hydrogen-bond donors (Lipinski definition) is 2. The monoisotopic (exact) mass is 257 g/mol. The van der Waals surface area contributed by atoms with Gasteiger partial charge in [0, 0.05) is 13.7 Å². The molecule has 0 bridgehead atoms. The Morgan fingerprint density at radius 1 is 1.17 bits per heavy atom. The first-order valence-corrected chi connectivity index (χ1v) is 5.71. The molecule has 8 heteroatoms. The quantitative estimate of drug-likeness (QED) is 0.592. The zero-order valence-corrected chi connectivity index (χ0v) is 10.7. The number of rotatable bonds is 9. The molecule has 0 fully saturated rings. The fourth-order valence-electron chi connectivity index (χ4n) is 1.12. The second-order valence-corrected chi connectivity index (χ2v) is 3.26. The summed E-state index contributed by atoms with van der Waals surface area (Å²) in [6.45, 7) is 4.55. The maximum Gasteiger partial charge on any atom is 0.323 e. The largest absolute Gasteiger partial charge is 0.464 e. The van der Waals surface area contributed by atoms with Crippen LogP contribution in [0.3, 0.4) is 0 Å². The third kappa shape index (κ3) is 5.60. The van der Waals surface area contributed by atoms with Gasteiger partial charge in [-0.3, -0.25) is 0 Å². The molecule has 0 radical (unpaired) electrons. The van der Waals surface area contributed by atoms with Gasteiger partial charge in [-0.15, -0.1) is 0 Å². The number of methoxy groups -OCH3 is 1. The SMILES string of the molecule is CCOc1nc(N)nc(NCCOCCOC)n1. The first-order valence-electron chi connectivity index (χ1n) is 5.71. The fraction of sp³-hybridized carbons (Fsp3) is 0.700. The molecular formula is C10H19N5O3. The van der Waals surface area contributed by atoms with Gasteiger partial charge in [-0.2, -0.15) is 15.0 Å². The summed E-state index contributed by atoms with van der Waals surface area (Å²) >= 11 is 0. The minimum absolute atomic E-state index is 0.122. The minimum atomic E-state index is 0.122. The molecule has 1 rings (SSSR count). The Hall–Kier alpha value is -1.67. The highest BCUT2D eigenvalue weighted by atomic mass is 16.5. The van der Waals surface area contributed by atoms with Crippen molar-refractivity contribution in [1.29, 1.82) is 0 Å². The molecule has 0 aliphatic rings. The minimum Gasteiger partial charge on any atom is -0.464 e. The van der Waals surface area contributed by atoms with Crippen molar-refractivity contribution >= 4 is 11.9 Å². The summed E-state index contributed by atoms with van der Waals surface area (Å²) < 4.78 is 15.3. The van der Waals surface area contributed by atoms with Crippen LogP contribution >= 0.6 is 0 Å². The van der Waals surface area contributed by atoms with Gasteiger partial charge in [0.25, 0.3) is 0 Å². The van der Waals surface area contributed by atoms with E-state index in [1.165, 1.54) is 0 Å². The van der Waals surface area contributed by atoms with Gasteiger partial charge < -0.3 is 25.3 Å². The topological polar surface area (TPSA) is 104 Å². The van der Waals surface area contributed by atoms with E-state index in [0.717, 1.165) is 0 Å². The molecule has 1 aromatic heterocycles. The maximum absolute atomic E-state index is 5.53. The van der Waals surface area contributed by atoms with Crippen molar-refractivity contribution in [2.75, 3.05) is 51.1 Å². The van der Waals surface area contributed by atoms with Crippen LogP contribution in [-0.4, -0.2) is 55.0 Å². The average Bonchev–Trinajstić information content (AvgIpc) is 2.33. The molecule has 0 atom stereocenters. The summed E-state index contributed by atoms with van der Waals surface area (Å²) in [5.41, 5.74) is 5.53. The second-order valence-electron chi connectivity index (χ2n) is 3.26. The Morgan fingerprint density at radius 2 is 2.00 bits per heavy atom. The van der Waals surface area contributed by atoms with Gasteiger partial charge in [-0.1, -0.05) is 0 Å². The molecule has 0 aliphatic carbocycles. The highest BCUT2D eigenvalue weighted by Crippen LogP contribution is 2.08. The molecule has 0 amide bonds. The number of anilines is 2. The Balaban J connectivity index is 2.32. The Morgan fingerprint density at radius 3 is 2.72 bits per heavy atom. The summed E-state index contributed by atoms with van der Waals surface area (Å²) in [6.07, 6.45) is 0. The molecule has 102 valence electrons. The lowest BCUT2D eigenvalue weighted by atomic mass is 10.6. The van der Waals surface area contributed by atoms with E-state index >= 15 is 0 Å². The Bertz CT molecular complexity index is 350. The van der Waals surface area contributed by atoms with E-state index < -0.39 is 0 Å². The molecule has 1 aromatic rings. The summed E-state index contributed by atoms with van der Waals surface area (Å²) in [5, 5.41) is 2.97. The summed E-state index contributed by atoms with van der Waals surface area (Å²) in [5.74, 6) is 0.498. The van der Waals surface area contributed by atoms with Crippen LogP contribution in [0.2, 0.25) is 0 Å². The highest BCUT2D eigenvalue weighted by Gasteiger charge is 2.04. The lowest BCUT2D eigenvalue weighted by Crippen LogP contribution is -2.15. The third-order valence-corrected chi connectivity index (χ3v) is 1.87. The predicted octanol–water partition coefficient (Wildman–Crippen LogP) is -0.0726. The normalized spacial score (nSPS) is 10.3. The Kier molecular flexibility index (Phi) is 6.74. The number of nitrogens with two attached hydrogens (primary N) is 1. The molecule has 1 heterocycles. The van der Waals surface area contributed by atoms with Crippen LogP contribution in [0.25, 0.3) is 0 Å². The molecule has 0 saturated carbocycles. The van der Waals surface area contributed by atoms with Crippen LogP contribution in [0.5, 0.6) is 6.01 Å². The standard InChI is InChI=1S/C10H19N5O3/c1-3-18-10-14-8(11)13-9(15-10)12-4-5-17-7-6-16-2/h3-7H2,1-2H3,(H3,11,12,13,14,15). The summed E-state index contributed by atoms with van der Waals surface area (Å²) in [7, 11) is 1.63. The molecule has 0 aromatic carbocycles. The van der Waals surface area contributed by atoms with E-state index in [1.54, 1.807) is 7.11 Å². The number of nitrogens with zero attached hydrogens (tertiary/aromatic N) is 3. The number of aromatic nitrogens is 3. The zero-order valence-electron chi connectivity index (χ0n) is 10.7. The number of hydrogen-bond acceptors (Lipinski definition) is 8. The molecule has 0 aliphatic heterocycles. The zero-order chi connectivity index (χ0) is 13.2. The van der Waals surface area contributed by atoms with Crippen LogP contribution in [-0.2, 0) is 9.47 Å². The first kappa shape index (κ1) is 14.4. The highest BCUT2D eigenvalue weighted by molar-refractivity contribution is 5.32. The van der Waals surface area contributed by atoms with Gasteiger partial charge in [0.2, 0.25) is 11.9 Å². The van der Waals surface area contributed by atoms with Gasteiger partial charge in [-0.05, 0) is 6.92 Å². The summed E-state index contributed by atoms with van der Waals surface area (Å²) in [6, 6.07) is 0.216. The van der Waals surface area contributed by atoms with Gasteiger partial charge in [-0.25, -0.2) is 0 Å². The van der Waals surface area contributed by atoms with E-state index in [0.29, 0.717) is 38.9 Å². The number of ether oxygens (including phenoxy) is 3. The van der Waals surface area contributed by atoms with Gasteiger partial charge in [0.15, 0.2) is 0 Å². The van der Waals surface area contributed by atoms with Crippen molar-refractivity contribution in [3.05, 3.63) is 0 Å². The van der Waals surface area contributed by atoms with Crippen molar-refractivity contribution in [1.82, 2.24) is 15.0 Å². The molecule has 8 nitrogen and oxygen atoms in total. The lowest BCUT2D eigenvalue weighted by molar-refractivity contribution is 0.0758. The number of nitrogen functional groups attached to an aromatic ring is 1. The average molecular weight is 257 g/mol. The molecule has 3 N–H and O–H groups in total. The van der Waals surface area contributed by atoms with E-state index in [-0.39, 0.29) is 12.0 Å². The van der Waals surface area contributed by atoms with Crippen LogP contribution in [0.15, 0.2) is 0 Å². The van der Waals surface area contributed by atoms with E-state index in [1.807, 2.05) is 6.92 Å². The first-order chi connectivity index (χ1) is 8.76. The van der Waals surface area contributed by atoms with Crippen LogP contribution in [0.1, 0.15) is 6.92 Å². The van der Waals surface area contributed by atoms with Crippen molar-refractivity contribution in [2.24, 2.45) is 0 Å². The fourth-order valence-corrected chi connectivity index (χ4v) is 1.12. The third-order valence-electron chi connectivity index (χ3n) is 1.87. The van der Waals surface area contributed by atoms with Gasteiger partial charge in [0.1, 0.15) is 0 Å². The van der Waals surface area contributed by atoms with Crippen LogP contribution in [0.4, 0.5) is 11.9 Å². The van der Waals surface area contributed by atoms with Crippen molar-refractivity contribution in [2.45, 2.75) is 6.92 Å². The van der Waals surface area contributed by atoms with E-state index in [2.05, 4.69) is 20.3 Å². The maximum atomic E-state index is 5.53. The van der Waals surface area contributed by atoms with E-state index in [4.69, 9.17) is 19.9 Å². The summed E-state index contributed by atoms with van der Waals surface area (Å²) in [4.78, 5) is 11.8. The molecular weight excluding hydrogens is 238 g/mol. The Labute approximate surface area is 106 Å². The van der Waals surface area contributed by atoms with Crippen LogP contribution in [0, 0.1) is 0 Å². The molecule has 0 spiro atoms. The second kappa shape index (κ2) is 8.43. The van der Waals surface area contributed by atoms with Gasteiger partial charge in [0.05, 0.1) is 26.4 Å². The van der Waals surface area contributed by atoms with Gasteiger partial charge >= 0.3 is 6.01 Å². The molecule has 18 heavy (non-hydrogen) atoms. The smallest absolute Gasteiger partial charge is 0.323 e.